The number of nitrogens with one attached hydrogen (secondary N) is 1. The molecule has 1 atom stereocenters. The van der Waals surface area contributed by atoms with Crippen LogP contribution in [0.1, 0.15) is 31.4 Å². The Labute approximate surface area is 130 Å². The topological polar surface area (TPSA) is 55.6 Å². The molecule has 0 aliphatic rings. The van der Waals surface area contributed by atoms with Crippen LogP contribution in [-0.4, -0.2) is 20.2 Å². The fourth-order valence-corrected chi connectivity index (χ4v) is 2.47. The Morgan fingerprint density at radius 3 is 2.36 bits per heavy atom. The van der Waals surface area contributed by atoms with E-state index in [1.165, 1.54) is 5.56 Å². The molecule has 0 spiro atoms. The lowest BCUT2D eigenvalue weighted by molar-refractivity contribution is 0.666. The molecule has 5 heteroatoms. The molecule has 22 heavy (non-hydrogen) atoms. The lowest BCUT2D eigenvalue weighted by Crippen LogP contribution is -2.14. The van der Waals surface area contributed by atoms with Gasteiger partial charge in [0.25, 0.3) is 0 Å². The minimum absolute atomic E-state index is 0.194. The monoisotopic (exact) mass is 293 g/mol. The van der Waals surface area contributed by atoms with E-state index in [0.29, 0.717) is 5.95 Å². The first-order valence-electron chi connectivity index (χ1n) is 7.53. The molecule has 3 rings (SSSR count). The standard InChI is InChI=1S/C17H19N5/c1-2-9-16(14-10-5-3-6-11-14)18-17-19-20-21-22(17)15-12-7-4-8-13-15/h3-8,10-13,16H,2,9H2,1H3,(H,18,19,21). The summed E-state index contributed by atoms with van der Waals surface area (Å²) >= 11 is 0. The van der Waals surface area contributed by atoms with Gasteiger partial charge in [0.05, 0.1) is 11.7 Å². The molecule has 5 nitrogen and oxygen atoms in total. The quantitative estimate of drug-likeness (QED) is 0.754. The summed E-state index contributed by atoms with van der Waals surface area (Å²) < 4.78 is 1.73. The van der Waals surface area contributed by atoms with Gasteiger partial charge >= 0.3 is 0 Å². The Balaban J connectivity index is 1.87. The second kappa shape index (κ2) is 6.85. The van der Waals surface area contributed by atoms with E-state index in [4.69, 9.17) is 0 Å². The van der Waals surface area contributed by atoms with Gasteiger partial charge in [-0.1, -0.05) is 67.0 Å². The van der Waals surface area contributed by atoms with E-state index >= 15 is 0 Å². The molecule has 1 aromatic heterocycles. The second-order valence-corrected chi connectivity index (χ2v) is 5.15. The van der Waals surface area contributed by atoms with E-state index in [9.17, 15) is 0 Å². The third-order valence-electron chi connectivity index (χ3n) is 3.55. The molecule has 0 saturated carbocycles. The van der Waals surface area contributed by atoms with Gasteiger partial charge in [-0.25, -0.2) is 0 Å². The Morgan fingerprint density at radius 1 is 1.00 bits per heavy atom. The van der Waals surface area contributed by atoms with Crippen LogP contribution < -0.4 is 5.32 Å². The summed E-state index contributed by atoms with van der Waals surface area (Å²) in [6.45, 7) is 2.18. The van der Waals surface area contributed by atoms with Crippen molar-refractivity contribution in [3.63, 3.8) is 0 Å². The highest BCUT2D eigenvalue weighted by atomic mass is 15.6. The van der Waals surface area contributed by atoms with Crippen LogP contribution in [0.3, 0.4) is 0 Å². The van der Waals surface area contributed by atoms with Crippen LogP contribution >= 0.6 is 0 Å². The number of anilines is 1. The third-order valence-corrected chi connectivity index (χ3v) is 3.55. The zero-order chi connectivity index (χ0) is 15.2. The summed E-state index contributed by atoms with van der Waals surface area (Å²) in [4.78, 5) is 0. The van der Waals surface area contributed by atoms with Gasteiger partial charge < -0.3 is 5.32 Å². The predicted molar refractivity (Wildman–Crippen MR) is 86.9 cm³/mol. The largest absolute Gasteiger partial charge is 0.346 e. The highest BCUT2D eigenvalue weighted by Gasteiger charge is 2.15. The van der Waals surface area contributed by atoms with E-state index in [-0.39, 0.29) is 6.04 Å². The van der Waals surface area contributed by atoms with Gasteiger partial charge in [0.2, 0.25) is 5.95 Å². The van der Waals surface area contributed by atoms with Crippen molar-refractivity contribution in [3.05, 3.63) is 66.2 Å². The summed E-state index contributed by atoms with van der Waals surface area (Å²) in [5.41, 5.74) is 2.19. The van der Waals surface area contributed by atoms with Crippen LogP contribution in [0.5, 0.6) is 0 Å². The number of benzene rings is 2. The fourth-order valence-electron chi connectivity index (χ4n) is 2.47. The molecule has 1 heterocycles. The SMILES string of the molecule is CCCC(Nc1nnnn1-c1ccccc1)c1ccccc1. The number of aromatic nitrogens is 4. The van der Waals surface area contributed by atoms with E-state index < -0.39 is 0 Å². The normalized spacial score (nSPS) is 12.0. The van der Waals surface area contributed by atoms with Crippen molar-refractivity contribution < 1.29 is 0 Å². The Kier molecular flexibility index (Phi) is 4.44. The average molecular weight is 293 g/mol. The summed E-state index contributed by atoms with van der Waals surface area (Å²) in [5.74, 6) is 0.661. The average Bonchev–Trinajstić information content (AvgIpc) is 3.04. The van der Waals surface area contributed by atoms with E-state index in [0.717, 1.165) is 18.5 Å². The molecular weight excluding hydrogens is 274 g/mol. The second-order valence-electron chi connectivity index (χ2n) is 5.15. The summed E-state index contributed by atoms with van der Waals surface area (Å²) in [6, 6.07) is 20.5. The van der Waals surface area contributed by atoms with Crippen LogP contribution in [0.2, 0.25) is 0 Å². The van der Waals surface area contributed by atoms with E-state index in [1.807, 2.05) is 36.4 Å². The van der Waals surface area contributed by atoms with Gasteiger partial charge in [0.15, 0.2) is 0 Å². The maximum atomic E-state index is 4.13. The molecule has 0 aliphatic heterocycles. The maximum absolute atomic E-state index is 4.13. The van der Waals surface area contributed by atoms with Crippen LogP contribution in [0, 0.1) is 0 Å². The van der Waals surface area contributed by atoms with Crippen LogP contribution in [-0.2, 0) is 0 Å². The highest BCUT2D eigenvalue weighted by Crippen LogP contribution is 2.23. The molecule has 2 aromatic carbocycles. The van der Waals surface area contributed by atoms with Gasteiger partial charge in [-0.05, 0) is 34.5 Å². The highest BCUT2D eigenvalue weighted by molar-refractivity contribution is 5.40. The molecule has 1 unspecified atom stereocenters. The van der Waals surface area contributed by atoms with Crippen molar-refractivity contribution in [1.82, 2.24) is 20.2 Å². The van der Waals surface area contributed by atoms with E-state index in [2.05, 4.69) is 52.0 Å². The first-order chi connectivity index (χ1) is 10.9. The van der Waals surface area contributed by atoms with Gasteiger partial charge in [-0.3, -0.25) is 0 Å². The van der Waals surface area contributed by atoms with Crippen LogP contribution in [0.4, 0.5) is 5.95 Å². The Bertz CT molecular complexity index is 693. The third kappa shape index (κ3) is 3.14. The molecule has 0 bridgehead atoms. The first-order valence-corrected chi connectivity index (χ1v) is 7.53. The van der Waals surface area contributed by atoms with Crippen molar-refractivity contribution in [3.8, 4) is 5.69 Å². The molecule has 0 aliphatic carbocycles. The van der Waals surface area contributed by atoms with Crippen LogP contribution in [0.15, 0.2) is 60.7 Å². The minimum atomic E-state index is 0.194. The smallest absolute Gasteiger partial charge is 0.248 e. The van der Waals surface area contributed by atoms with Crippen molar-refractivity contribution in [2.75, 3.05) is 5.32 Å². The molecule has 0 amide bonds. The minimum Gasteiger partial charge on any atom is -0.346 e. The van der Waals surface area contributed by atoms with Crippen molar-refractivity contribution >= 4 is 5.95 Å². The maximum Gasteiger partial charge on any atom is 0.248 e. The van der Waals surface area contributed by atoms with Crippen molar-refractivity contribution in [2.24, 2.45) is 0 Å². The summed E-state index contributed by atoms with van der Waals surface area (Å²) in [6.07, 6.45) is 2.10. The molecular formula is C17H19N5. The first kappa shape index (κ1) is 14.3. The van der Waals surface area contributed by atoms with Gasteiger partial charge in [-0.2, -0.15) is 4.68 Å². The number of para-hydroxylation sites is 1. The zero-order valence-corrected chi connectivity index (χ0v) is 12.6. The summed E-state index contributed by atoms with van der Waals surface area (Å²) in [5, 5.41) is 15.5. The lowest BCUT2D eigenvalue weighted by atomic mass is 10.0. The summed E-state index contributed by atoms with van der Waals surface area (Å²) in [7, 11) is 0. The van der Waals surface area contributed by atoms with Gasteiger partial charge in [0, 0.05) is 0 Å². The fraction of sp³-hybridized carbons (Fsp3) is 0.235. The Morgan fingerprint density at radius 2 is 1.68 bits per heavy atom. The molecule has 1 N–H and O–H groups in total. The number of nitrogens with zero attached hydrogens (tertiary/aromatic N) is 4. The predicted octanol–water partition coefficient (Wildman–Crippen LogP) is 3.62. The van der Waals surface area contributed by atoms with E-state index in [1.54, 1.807) is 4.68 Å². The molecule has 0 saturated heterocycles. The number of rotatable bonds is 6. The molecule has 0 fully saturated rings. The molecule has 0 radical (unpaired) electrons. The number of tetrazole rings is 1. The zero-order valence-electron chi connectivity index (χ0n) is 12.6. The van der Waals surface area contributed by atoms with Gasteiger partial charge in [0.1, 0.15) is 0 Å². The number of hydrogen-bond donors (Lipinski definition) is 1. The molecule has 112 valence electrons. The number of hydrogen-bond acceptors (Lipinski definition) is 4. The lowest BCUT2D eigenvalue weighted by Gasteiger charge is -2.18. The molecule has 3 aromatic rings. The van der Waals surface area contributed by atoms with Crippen molar-refractivity contribution in [1.29, 1.82) is 0 Å². The Hall–Kier alpha value is -2.69. The van der Waals surface area contributed by atoms with Gasteiger partial charge in [-0.15, -0.1) is 0 Å². The van der Waals surface area contributed by atoms with Crippen LogP contribution in [0.25, 0.3) is 5.69 Å². The van der Waals surface area contributed by atoms with Crippen molar-refractivity contribution in [2.45, 2.75) is 25.8 Å².